The Kier molecular flexibility index (Phi) is 7.52. The average Bonchev–Trinajstić information content (AvgIpc) is 2.71. The number of halogens is 3. The Morgan fingerprint density at radius 1 is 1.03 bits per heavy atom. The number of ether oxygens (including phenoxy) is 1. The SMILES string of the molecule is CCN1CCN(c2ccc(NC(=O)COc3cc(Cl)c(Cl)cc3Cl)c(C)c2)CC1. The van der Waals surface area contributed by atoms with Crippen molar-refractivity contribution in [1.82, 2.24) is 4.90 Å². The van der Waals surface area contributed by atoms with Gasteiger partial charge in [0.1, 0.15) is 5.75 Å². The van der Waals surface area contributed by atoms with Crippen LogP contribution in [0.5, 0.6) is 5.75 Å². The van der Waals surface area contributed by atoms with Gasteiger partial charge in [-0.1, -0.05) is 41.7 Å². The summed E-state index contributed by atoms with van der Waals surface area (Å²) in [6, 6.07) is 9.06. The van der Waals surface area contributed by atoms with E-state index in [2.05, 4.69) is 28.1 Å². The number of carbonyl (C=O) groups is 1. The van der Waals surface area contributed by atoms with E-state index in [-0.39, 0.29) is 12.5 Å². The third-order valence-corrected chi connectivity index (χ3v) is 6.02. The minimum Gasteiger partial charge on any atom is -0.482 e. The number of carbonyl (C=O) groups excluding carboxylic acids is 1. The minimum absolute atomic E-state index is 0.183. The number of likely N-dealkylation sites (N-methyl/N-ethyl adjacent to an activating group) is 1. The number of aryl methyl sites for hydroxylation is 1. The molecule has 1 N–H and O–H groups in total. The van der Waals surface area contributed by atoms with Crippen LogP contribution in [0.1, 0.15) is 12.5 Å². The quantitative estimate of drug-likeness (QED) is 0.613. The number of nitrogens with zero attached hydrogens (tertiary/aromatic N) is 2. The molecule has 8 heteroatoms. The summed E-state index contributed by atoms with van der Waals surface area (Å²) in [5, 5.41) is 3.83. The molecule has 0 unspecified atom stereocenters. The van der Waals surface area contributed by atoms with Crippen molar-refractivity contribution in [2.24, 2.45) is 0 Å². The first kappa shape index (κ1) is 22.0. The molecule has 0 bridgehead atoms. The van der Waals surface area contributed by atoms with Crippen molar-refractivity contribution in [3.63, 3.8) is 0 Å². The van der Waals surface area contributed by atoms with E-state index in [1.165, 1.54) is 17.8 Å². The summed E-state index contributed by atoms with van der Waals surface area (Å²) in [6.45, 7) is 9.25. The highest BCUT2D eigenvalue weighted by Gasteiger charge is 2.17. The van der Waals surface area contributed by atoms with Crippen molar-refractivity contribution in [3.8, 4) is 5.75 Å². The van der Waals surface area contributed by atoms with Gasteiger partial charge in [-0.15, -0.1) is 0 Å². The molecule has 0 aliphatic carbocycles. The third kappa shape index (κ3) is 5.70. The van der Waals surface area contributed by atoms with E-state index < -0.39 is 0 Å². The number of rotatable bonds is 6. The van der Waals surface area contributed by atoms with E-state index in [0.717, 1.165) is 44.0 Å². The third-order valence-electron chi connectivity index (χ3n) is 5.00. The summed E-state index contributed by atoms with van der Waals surface area (Å²) in [4.78, 5) is 17.1. The molecule has 156 valence electrons. The maximum atomic E-state index is 12.3. The van der Waals surface area contributed by atoms with E-state index in [1.54, 1.807) is 0 Å². The fraction of sp³-hybridized carbons (Fsp3) is 0.381. The van der Waals surface area contributed by atoms with Crippen LogP contribution in [0.15, 0.2) is 30.3 Å². The summed E-state index contributed by atoms with van der Waals surface area (Å²) >= 11 is 17.9. The van der Waals surface area contributed by atoms with Crippen LogP contribution in [0, 0.1) is 6.92 Å². The summed E-state index contributed by atoms with van der Waals surface area (Å²) in [6.07, 6.45) is 0. The molecule has 0 aromatic heterocycles. The lowest BCUT2D eigenvalue weighted by Crippen LogP contribution is -2.46. The fourth-order valence-electron chi connectivity index (χ4n) is 3.25. The van der Waals surface area contributed by atoms with E-state index in [0.29, 0.717) is 20.8 Å². The first-order chi connectivity index (χ1) is 13.9. The highest BCUT2D eigenvalue weighted by molar-refractivity contribution is 6.43. The standard InChI is InChI=1S/C21H24Cl3N3O2/c1-3-26-6-8-27(9-7-26)15-4-5-19(14(2)10-15)25-21(28)13-29-20-12-17(23)16(22)11-18(20)24/h4-5,10-12H,3,6-9,13H2,1-2H3,(H,25,28). The van der Waals surface area contributed by atoms with Crippen LogP contribution >= 0.6 is 34.8 Å². The van der Waals surface area contributed by atoms with Crippen LogP contribution < -0.4 is 15.0 Å². The van der Waals surface area contributed by atoms with E-state index in [9.17, 15) is 4.79 Å². The summed E-state index contributed by atoms with van der Waals surface area (Å²) in [5.41, 5.74) is 2.94. The molecule has 1 saturated heterocycles. The Bertz CT molecular complexity index is 884. The van der Waals surface area contributed by atoms with Crippen LogP contribution in [0.4, 0.5) is 11.4 Å². The minimum atomic E-state index is -0.278. The Balaban J connectivity index is 1.57. The lowest BCUT2D eigenvalue weighted by molar-refractivity contribution is -0.118. The maximum Gasteiger partial charge on any atom is 0.262 e. The Morgan fingerprint density at radius 2 is 1.72 bits per heavy atom. The van der Waals surface area contributed by atoms with Crippen molar-refractivity contribution >= 4 is 52.1 Å². The smallest absolute Gasteiger partial charge is 0.262 e. The number of amides is 1. The molecule has 1 heterocycles. The molecule has 0 radical (unpaired) electrons. The largest absolute Gasteiger partial charge is 0.482 e. The van der Waals surface area contributed by atoms with Gasteiger partial charge in [0.2, 0.25) is 0 Å². The number of hydrogen-bond acceptors (Lipinski definition) is 4. The van der Waals surface area contributed by atoms with Gasteiger partial charge >= 0.3 is 0 Å². The number of nitrogens with one attached hydrogen (secondary N) is 1. The summed E-state index contributed by atoms with van der Waals surface area (Å²) < 4.78 is 5.49. The number of anilines is 2. The summed E-state index contributed by atoms with van der Waals surface area (Å²) in [5.74, 6) is 0.0362. The monoisotopic (exact) mass is 455 g/mol. The van der Waals surface area contributed by atoms with Gasteiger partial charge in [-0.05, 0) is 43.3 Å². The van der Waals surface area contributed by atoms with Gasteiger partial charge in [-0.3, -0.25) is 4.79 Å². The van der Waals surface area contributed by atoms with Gasteiger partial charge in [-0.25, -0.2) is 0 Å². The van der Waals surface area contributed by atoms with Crippen LogP contribution in [0.2, 0.25) is 15.1 Å². The van der Waals surface area contributed by atoms with Gasteiger partial charge in [0.05, 0.1) is 15.1 Å². The molecule has 1 aliphatic heterocycles. The molecular formula is C21H24Cl3N3O2. The second kappa shape index (κ2) is 9.90. The zero-order valence-corrected chi connectivity index (χ0v) is 18.7. The maximum absolute atomic E-state index is 12.3. The first-order valence-corrected chi connectivity index (χ1v) is 10.7. The van der Waals surface area contributed by atoms with Crippen molar-refractivity contribution in [2.45, 2.75) is 13.8 Å². The number of piperazine rings is 1. The predicted molar refractivity (Wildman–Crippen MR) is 121 cm³/mol. The molecule has 0 atom stereocenters. The lowest BCUT2D eigenvalue weighted by Gasteiger charge is -2.35. The number of hydrogen-bond donors (Lipinski definition) is 1. The molecule has 5 nitrogen and oxygen atoms in total. The predicted octanol–water partition coefficient (Wildman–Crippen LogP) is 5.11. The van der Waals surface area contributed by atoms with Gasteiger partial charge in [0.25, 0.3) is 5.91 Å². The normalized spacial score (nSPS) is 14.7. The lowest BCUT2D eigenvalue weighted by atomic mass is 10.1. The molecule has 1 aliphatic rings. The van der Waals surface area contributed by atoms with Gasteiger partial charge in [0, 0.05) is 43.6 Å². The Hall–Kier alpha value is -1.66. The topological polar surface area (TPSA) is 44.8 Å². The molecule has 2 aromatic rings. The highest BCUT2D eigenvalue weighted by Crippen LogP contribution is 2.33. The van der Waals surface area contributed by atoms with Crippen molar-refractivity contribution < 1.29 is 9.53 Å². The van der Waals surface area contributed by atoms with Crippen LogP contribution in [-0.2, 0) is 4.79 Å². The molecule has 0 saturated carbocycles. The Morgan fingerprint density at radius 3 is 2.38 bits per heavy atom. The zero-order valence-electron chi connectivity index (χ0n) is 16.5. The Labute approximate surface area is 186 Å². The fourth-order valence-corrected chi connectivity index (χ4v) is 3.84. The molecule has 1 fully saturated rings. The molecule has 0 spiro atoms. The van der Waals surface area contributed by atoms with Gasteiger partial charge in [0.15, 0.2) is 6.61 Å². The van der Waals surface area contributed by atoms with Crippen molar-refractivity contribution in [1.29, 1.82) is 0 Å². The van der Waals surface area contributed by atoms with Crippen LogP contribution in [0.25, 0.3) is 0 Å². The second-order valence-corrected chi connectivity index (χ2v) is 8.18. The zero-order chi connectivity index (χ0) is 21.0. The van der Waals surface area contributed by atoms with Gasteiger partial charge in [-0.2, -0.15) is 0 Å². The summed E-state index contributed by atoms with van der Waals surface area (Å²) in [7, 11) is 0. The molecule has 1 amide bonds. The molecular weight excluding hydrogens is 433 g/mol. The first-order valence-electron chi connectivity index (χ1n) is 9.52. The van der Waals surface area contributed by atoms with E-state index in [1.807, 2.05) is 19.1 Å². The molecule has 29 heavy (non-hydrogen) atoms. The second-order valence-electron chi connectivity index (χ2n) is 6.95. The van der Waals surface area contributed by atoms with E-state index in [4.69, 9.17) is 39.5 Å². The van der Waals surface area contributed by atoms with Crippen LogP contribution in [-0.4, -0.2) is 50.1 Å². The number of benzene rings is 2. The molecule has 3 rings (SSSR count). The van der Waals surface area contributed by atoms with Crippen LogP contribution in [0.3, 0.4) is 0 Å². The van der Waals surface area contributed by atoms with Gasteiger partial charge < -0.3 is 19.9 Å². The van der Waals surface area contributed by atoms with Crippen molar-refractivity contribution in [3.05, 3.63) is 51.0 Å². The van der Waals surface area contributed by atoms with E-state index >= 15 is 0 Å². The molecule has 2 aromatic carbocycles. The highest BCUT2D eigenvalue weighted by atomic mass is 35.5. The van der Waals surface area contributed by atoms with Crippen molar-refractivity contribution in [2.75, 3.05) is 49.5 Å². The average molecular weight is 457 g/mol.